The number of ether oxygens (including phenoxy) is 1. The fourth-order valence-electron chi connectivity index (χ4n) is 3.60. The fraction of sp³-hybridized carbons (Fsp3) is 0.318. The summed E-state index contributed by atoms with van der Waals surface area (Å²) in [6.07, 6.45) is 2.26. The van der Waals surface area contributed by atoms with Gasteiger partial charge in [-0.3, -0.25) is 14.9 Å². The smallest absolute Gasteiger partial charge is 0.253 e. The standard InChI is InChI=1S/C22H23N3O3S/c1-2-28-16-11-12-17-18(14-16)29-22(23-17)24-21(27)20(15-8-4-3-5-9-15)25-13-7-6-10-19(25)26/h3-5,8-9,11-12,14,20H,2,6-7,10,13H2,1H3,(H,23,24,27). The van der Waals surface area contributed by atoms with Crippen molar-refractivity contribution >= 4 is 38.5 Å². The van der Waals surface area contributed by atoms with E-state index in [1.54, 1.807) is 4.90 Å². The molecule has 1 N–H and O–H groups in total. The number of hydrogen-bond acceptors (Lipinski definition) is 5. The third-order valence-corrected chi connectivity index (χ3v) is 5.87. The summed E-state index contributed by atoms with van der Waals surface area (Å²) in [6.45, 7) is 3.12. The average molecular weight is 410 g/mol. The van der Waals surface area contributed by atoms with Crippen LogP contribution in [0.4, 0.5) is 5.13 Å². The maximum atomic E-state index is 13.2. The molecule has 2 heterocycles. The minimum absolute atomic E-state index is 0.0194. The highest BCUT2D eigenvalue weighted by atomic mass is 32.1. The molecule has 1 aliphatic heterocycles. The van der Waals surface area contributed by atoms with E-state index in [4.69, 9.17) is 4.74 Å². The van der Waals surface area contributed by atoms with Crippen molar-refractivity contribution in [2.45, 2.75) is 32.2 Å². The van der Waals surface area contributed by atoms with Gasteiger partial charge in [-0.05, 0) is 43.5 Å². The Hall–Kier alpha value is -2.93. The number of thiazole rings is 1. The van der Waals surface area contributed by atoms with Crippen molar-refractivity contribution in [3.8, 4) is 5.75 Å². The third-order valence-electron chi connectivity index (χ3n) is 4.94. The molecule has 7 heteroatoms. The number of fused-ring (bicyclic) bond motifs is 1. The zero-order valence-electron chi connectivity index (χ0n) is 16.3. The van der Waals surface area contributed by atoms with Gasteiger partial charge in [-0.2, -0.15) is 0 Å². The van der Waals surface area contributed by atoms with Gasteiger partial charge in [0.15, 0.2) is 5.13 Å². The molecule has 0 radical (unpaired) electrons. The van der Waals surface area contributed by atoms with E-state index in [1.807, 2.05) is 55.5 Å². The summed E-state index contributed by atoms with van der Waals surface area (Å²) < 4.78 is 6.48. The van der Waals surface area contributed by atoms with Gasteiger partial charge in [-0.25, -0.2) is 4.98 Å². The van der Waals surface area contributed by atoms with Crippen LogP contribution in [0.5, 0.6) is 5.75 Å². The minimum atomic E-state index is -0.657. The molecule has 0 bridgehead atoms. The van der Waals surface area contributed by atoms with Crippen LogP contribution in [0, 0.1) is 0 Å². The van der Waals surface area contributed by atoms with Crippen LogP contribution in [-0.2, 0) is 9.59 Å². The Morgan fingerprint density at radius 3 is 2.83 bits per heavy atom. The number of likely N-dealkylation sites (tertiary alicyclic amines) is 1. The number of nitrogens with zero attached hydrogens (tertiary/aromatic N) is 2. The number of aromatic nitrogens is 1. The van der Waals surface area contributed by atoms with Gasteiger partial charge in [0.05, 0.1) is 16.8 Å². The second kappa shape index (κ2) is 8.61. The molecule has 1 saturated heterocycles. The maximum Gasteiger partial charge on any atom is 0.253 e. The molecule has 3 aromatic rings. The molecular formula is C22H23N3O3S. The van der Waals surface area contributed by atoms with E-state index in [-0.39, 0.29) is 11.8 Å². The Morgan fingerprint density at radius 2 is 2.07 bits per heavy atom. The summed E-state index contributed by atoms with van der Waals surface area (Å²) in [7, 11) is 0. The van der Waals surface area contributed by atoms with Gasteiger partial charge in [-0.1, -0.05) is 41.7 Å². The van der Waals surface area contributed by atoms with Crippen molar-refractivity contribution in [1.29, 1.82) is 0 Å². The minimum Gasteiger partial charge on any atom is -0.494 e. The van der Waals surface area contributed by atoms with Gasteiger partial charge < -0.3 is 9.64 Å². The normalized spacial score (nSPS) is 15.3. The Bertz CT molecular complexity index is 1020. The first-order valence-electron chi connectivity index (χ1n) is 9.84. The number of benzene rings is 2. The molecular weight excluding hydrogens is 386 g/mol. The number of anilines is 1. The number of hydrogen-bond donors (Lipinski definition) is 1. The number of amides is 2. The molecule has 2 aromatic carbocycles. The van der Waals surface area contributed by atoms with E-state index in [1.165, 1.54) is 11.3 Å². The van der Waals surface area contributed by atoms with Crippen LogP contribution in [0.25, 0.3) is 10.2 Å². The van der Waals surface area contributed by atoms with E-state index >= 15 is 0 Å². The molecule has 0 spiro atoms. The summed E-state index contributed by atoms with van der Waals surface area (Å²) in [5, 5.41) is 3.45. The van der Waals surface area contributed by atoms with Crippen molar-refractivity contribution in [3.05, 3.63) is 54.1 Å². The number of nitrogens with one attached hydrogen (secondary N) is 1. The Morgan fingerprint density at radius 1 is 1.24 bits per heavy atom. The van der Waals surface area contributed by atoms with Crippen LogP contribution < -0.4 is 10.1 Å². The van der Waals surface area contributed by atoms with E-state index in [9.17, 15) is 9.59 Å². The molecule has 2 amide bonds. The van der Waals surface area contributed by atoms with Crippen LogP contribution in [0.1, 0.15) is 37.8 Å². The van der Waals surface area contributed by atoms with Gasteiger partial charge >= 0.3 is 0 Å². The summed E-state index contributed by atoms with van der Waals surface area (Å²) in [5.74, 6) is 0.559. The summed E-state index contributed by atoms with van der Waals surface area (Å²) in [5.41, 5.74) is 1.61. The van der Waals surface area contributed by atoms with Crippen LogP contribution in [0.2, 0.25) is 0 Å². The molecule has 6 nitrogen and oxygen atoms in total. The van der Waals surface area contributed by atoms with Crippen LogP contribution in [0.15, 0.2) is 48.5 Å². The zero-order valence-corrected chi connectivity index (χ0v) is 17.1. The van der Waals surface area contributed by atoms with Gasteiger partial charge in [-0.15, -0.1) is 0 Å². The van der Waals surface area contributed by atoms with E-state index in [0.29, 0.717) is 24.7 Å². The van der Waals surface area contributed by atoms with Gasteiger partial charge in [0.2, 0.25) is 5.91 Å². The van der Waals surface area contributed by atoms with Crippen LogP contribution >= 0.6 is 11.3 Å². The predicted molar refractivity (Wildman–Crippen MR) is 114 cm³/mol. The largest absolute Gasteiger partial charge is 0.494 e. The molecule has 150 valence electrons. The van der Waals surface area contributed by atoms with Crippen molar-refractivity contribution in [3.63, 3.8) is 0 Å². The van der Waals surface area contributed by atoms with E-state index < -0.39 is 6.04 Å². The Balaban J connectivity index is 1.61. The topological polar surface area (TPSA) is 71.5 Å². The van der Waals surface area contributed by atoms with E-state index in [0.717, 1.165) is 34.4 Å². The van der Waals surface area contributed by atoms with Crippen molar-refractivity contribution in [1.82, 2.24) is 9.88 Å². The summed E-state index contributed by atoms with van der Waals surface area (Å²) >= 11 is 1.40. The quantitative estimate of drug-likeness (QED) is 0.656. The first-order chi connectivity index (χ1) is 14.2. The molecule has 1 aliphatic rings. The molecule has 1 unspecified atom stereocenters. The lowest BCUT2D eigenvalue weighted by Crippen LogP contribution is -2.43. The highest BCUT2D eigenvalue weighted by molar-refractivity contribution is 7.22. The van der Waals surface area contributed by atoms with Gasteiger partial charge in [0.25, 0.3) is 5.91 Å². The fourth-order valence-corrected chi connectivity index (χ4v) is 4.49. The van der Waals surface area contributed by atoms with Crippen molar-refractivity contribution < 1.29 is 14.3 Å². The maximum absolute atomic E-state index is 13.2. The lowest BCUT2D eigenvalue weighted by atomic mass is 10.0. The monoisotopic (exact) mass is 409 g/mol. The summed E-state index contributed by atoms with van der Waals surface area (Å²) in [4.78, 5) is 32.0. The number of carbonyl (C=O) groups excluding carboxylic acids is 2. The molecule has 1 atom stereocenters. The third kappa shape index (κ3) is 4.24. The average Bonchev–Trinajstić information content (AvgIpc) is 3.12. The zero-order chi connectivity index (χ0) is 20.2. The first-order valence-corrected chi connectivity index (χ1v) is 10.7. The molecule has 1 aromatic heterocycles. The predicted octanol–water partition coefficient (Wildman–Crippen LogP) is 4.39. The van der Waals surface area contributed by atoms with Crippen LogP contribution in [0.3, 0.4) is 0 Å². The van der Waals surface area contributed by atoms with Gasteiger partial charge in [0, 0.05) is 13.0 Å². The molecule has 0 aliphatic carbocycles. The first kappa shape index (κ1) is 19.4. The highest BCUT2D eigenvalue weighted by Gasteiger charge is 2.33. The van der Waals surface area contributed by atoms with Crippen LogP contribution in [-0.4, -0.2) is 34.8 Å². The molecule has 0 saturated carbocycles. The molecule has 29 heavy (non-hydrogen) atoms. The van der Waals surface area contributed by atoms with Crippen molar-refractivity contribution in [2.75, 3.05) is 18.5 Å². The van der Waals surface area contributed by atoms with Crippen molar-refractivity contribution in [2.24, 2.45) is 0 Å². The lowest BCUT2D eigenvalue weighted by molar-refractivity contribution is -0.141. The summed E-state index contributed by atoms with van der Waals surface area (Å²) in [6, 6.07) is 14.5. The lowest BCUT2D eigenvalue weighted by Gasteiger charge is -2.33. The SMILES string of the molecule is CCOc1ccc2nc(NC(=O)C(c3ccccc3)N3CCCCC3=O)sc2c1. The Kier molecular flexibility index (Phi) is 5.76. The highest BCUT2D eigenvalue weighted by Crippen LogP contribution is 2.31. The number of rotatable bonds is 6. The second-order valence-electron chi connectivity index (χ2n) is 6.93. The molecule has 1 fully saturated rings. The van der Waals surface area contributed by atoms with E-state index in [2.05, 4.69) is 10.3 Å². The molecule has 4 rings (SSSR count). The number of carbonyl (C=O) groups is 2. The second-order valence-corrected chi connectivity index (χ2v) is 7.96. The Labute approximate surface area is 173 Å². The van der Waals surface area contributed by atoms with Gasteiger partial charge in [0.1, 0.15) is 11.8 Å². The number of piperidine rings is 1.